The van der Waals surface area contributed by atoms with Crippen LogP contribution >= 0.6 is 0 Å². The second-order valence-electron chi connectivity index (χ2n) is 3.42. The number of benzene rings is 1. The van der Waals surface area contributed by atoms with Gasteiger partial charge in [0.15, 0.2) is 0 Å². The first-order chi connectivity index (χ1) is 7.20. The van der Waals surface area contributed by atoms with Gasteiger partial charge in [-0.05, 0) is 30.7 Å². The zero-order valence-electron chi connectivity index (χ0n) is 8.69. The highest BCUT2D eigenvalue weighted by atomic mass is 16.5. The van der Waals surface area contributed by atoms with Crippen LogP contribution in [0.2, 0.25) is 0 Å². The Morgan fingerprint density at radius 2 is 2.20 bits per heavy atom. The van der Waals surface area contributed by atoms with E-state index in [2.05, 4.69) is 0 Å². The fraction of sp³-hybridized carbons (Fsp3) is 0.250. The van der Waals surface area contributed by atoms with Crippen molar-refractivity contribution in [3.63, 3.8) is 0 Å². The number of cyclic esters (lactones) is 1. The minimum absolute atomic E-state index is 0.140. The van der Waals surface area contributed by atoms with Crippen LogP contribution < -0.4 is 4.74 Å². The maximum absolute atomic E-state index is 11.5. The zero-order valence-corrected chi connectivity index (χ0v) is 8.69. The van der Waals surface area contributed by atoms with Gasteiger partial charge in [0.05, 0.1) is 12.7 Å². The normalized spacial score (nSPS) is 19.7. The molecule has 2 rings (SSSR count). The van der Waals surface area contributed by atoms with Crippen LogP contribution in [0.3, 0.4) is 0 Å². The van der Waals surface area contributed by atoms with Crippen molar-refractivity contribution in [3.8, 4) is 5.75 Å². The lowest BCUT2D eigenvalue weighted by Gasteiger charge is -2.03. The number of ether oxygens (including phenoxy) is 2. The van der Waals surface area contributed by atoms with Gasteiger partial charge in [0, 0.05) is 0 Å². The summed E-state index contributed by atoms with van der Waals surface area (Å²) in [6, 6.07) is 7.39. The van der Waals surface area contributed by atoms with Gasteiger partial charge in [-0.25, -0.2) is 4.79 Å². The highest BCUT2D eigenvalue weighted by molar-refractivity contribution is 6.18. The summed E-state index contributed by atoms with van der Waals surface area (Å²) in [6.07, 6.45) is 1.68. The number of hydrogen-bond acceptors (Lipinski definition) is 3. The van der Waals surface area contributed by atoms with Gasteiger partial charge in [0.2, 0.25) is 0 Å². The predicted molar refractivity (Wildman–Crippen MR) is 56.5 cm³/mol. The summed E-state index contributed by atoms with van der Waals surface area (Å²) >= 11 is 0. The lowest BCUT2D eigenvalue weighted by Crippen LogP contribution is -2.03. The molecule has 1 atom stereocenters. The molecule has 15 heavy (non-hydrogen) atoms. The maximum atomic E-state index is 11.5. The topological polar surface area (TPSA) is 35.5 Å². The number of methoxy groups -OCH3 is 1. The molecule has 3 nitrogen and oxygen atoms in total. The van der Waals surface area contributed by atoms with E-state index in [0.717, 1.165) is 11.3 Å². The average Bonchev–Trinajstić information content (AvgIpc) is 2.58. The molecule has 1 unspecified atom stereocenters. The standard InChI is InChI=1S/C12H12O3/c1-8-6-11(12(13)15-8)9-4-3-5-10(7-9)14-2/h3-8H,1-2H3. The summed E-state index contributed by atoms with van der Waals surface area (Å²) in [5.41, 5.74) is 1.45. The minimum Gasteiger partial charge on any atom is -0.497 e. The Kier molecular flexibility index (Phi) is 2.46. The third kappa shape index (κ3) is 1.86. The molecule has 0 N–H and O–H groups in total. The summed E-state index contributed by atoms with van der Waals surface area (Å²) in [6.45, 7) is 1.84. The Morgan fingerprint density at radius 3 is 2.80 bits per heavy atom. The Morgan fingerprint density at radius 1 is 1.40 bits per heavy atom. The Hall–Kier alpha value is -1.77. The molecule has 0 spiro atoms. The summed E-state index contributed by atoms with van der Waals surface area (Å²) in [7, 11) is 1.60. The minimum atomic E-state index is -0.268. The average molecular weight is 204 g/mol. The molecule has 1 aliphatic rings. The van der Waals surface area contributed by atoms with Crippen molar-refractivity contribution in [2.24, 2.45) is 0 Å². The van der Waals surface area contributed by atoms with Crippen molar-refractivity contribution in [2.45, 2.75) is 13.0 Å². The van der Waals surface area contributed by atoms with Gasteiger partial charge in [-0.2, -0.15) is 0 Å². The Balaban J connectivity index is 2.37. The van der Waals surface area contributed by atoms with E-state index in [1.165, 1.54) is 0 Å². The molecule has 1 aromatic rings. The molecule has 0 fully saturated rings. The van der Waals surface area contributed by atoms with Crippen LogP contribution in [0.1, 0.15) is 12.5 Å². The third-order valence-corrected chi connectivity index (χ3v) is 2.29. The lowest BCUT2D eigenvalue weighted by molar-refractivity contribution is -0.137. The number of hydrogen-bond donors (Lipinski definition) is 0. The van der Waals surface area contributed by atoms with Crippen molar-refractivity contribution in [2.75, 3.05) is 7.11 Å². The summed E-state index contributed by atoms with van der Waals surface area (Å²) < 4.78 is 10.1. The maximum Gasteiger partial charge on any atom is 0.339 e. The largest absolute Gasteiger partial charge is 0.497 e. The van der Waals surface area contributed by atoms with Crippen LogP contribution in [-0.4, -0.2) is 19.2 Å². The van der Waals surface area contributed by atoms with Crippen molar-refractivity contribution in [3.05, 3.63) is 35.9 Å². The molecular weight excluding hydrogens is 192 g/mol. The molecule has 1 aliphatic heterocycles. The molecule has 0 aliphatic carbocycles. The van der Waals surface area contributed by atoms with Crippen LogP contribution in [0.4, 0.5) is 0 Å². The van der Waals surface area contributed by atoms with Crippen LogP contribution in [-0.2, 0) is 9.53 Å². The van der Waals surface area contributed by atoms with Crippen LogP contribution in [0.25, 0.3) is 5.57 Å². The molecule has 1 heterocycles. The van der Waals surface area contributed by atoms with Crippen molar-refractivity contribution in [1.82, 2.24) is 0 Å². The molecule has 3 heteroatoms. The number of rotatable bonds is 2. The van der Waals surface area contributed by atoms with Crippen LogP contribution in [0.5, 0.6) is 5.75 Å². The van der Waals surface area contributed by atoms with Crippen molar-refractivity contribution < 1.29 is 14.3 Å². The zero-order chi connectivity index (χ0) is 10.8. The first-order valence-corrected chi connectivity index (χ1v) is 4.78. The van der Waals surface area contributed by atoms with Gasteiger partial charge in [-0.3, -0.25) is 0 Å². The van der Waals surface area contributed by atoms with Gasteiger partial charge in [0.25, 0.3) is 0 Å². The SMILES string of the molecule is COc1cccc(C2=CC(C)OC2=O)c1. The molecular formula is C12H12O3. The highest BCUT2D eigenvalue weighted by Gasteiger charge is 2.23. The van der Waals surface area contributed by atoms with E-state index in [4.69, 9.17) is 9.47 Å². The molecule has 0 amide bonds. The van der Waals surface area contributed by atoms with Crippen molar-refractivity contribution >= 4 is 11.5 Å². The van der Waals surface area contributed by atoms with E-state index in [-0.39, 0.29) is 12.1 Å². The Bertz CT molecular complexity index is 421. The Labute approximate surface area is 88.3 Å². The van der Waals surface area contributed by atoms with Gasteiger partial charge in [-0.15, -0.1) is 0 Å². The van der Waals surface area contributed by atoms with Gasteiger partial charge in [-0.1, -0.05) is 12.1 Å². The molecule has 0 aromatic heterocycles. The van der Waals surface area contributed by atoms with E-state index in [1.54, 1.807) is 7.11 Å². The highest BCUT2D eigenvalue weighted by Crippen LogP contribution is 2.26. The first-order valence-electron chi connectivity index (χ1n) is 4.78. The van der Waals surface area contributed by atoms with E-state index in [9.17, 15) is 4.79 Å². The van der Waals surface area contributed by atoms with Crippen LogP contribution in [0, 0.1) is 0 Å². The molecule has 78 valence electrons. The fourth-order valence-electron chi connectivity index (χ4n) is 1.57. The number of esters is 1. The lowest BCUT2D eigenvalue weighted by atomic mass is 10.1. The smallest absolute Gasteiger partial charge is 0.339 e. The second-order valence-corrected chi connectivity index (χ2v) is 3.42. The van der Waals surface area contributed by atoms with Crippen LogP contribution in [0.15, 0.2) is 30.3 Å². The van der Waals surface area contributed by atoms with Gasteiger partial charge >= 0.3 is 5.97 Å². The van der Waals surface area contributed by atoms with E-state index in [1.807, 2.05) is 37.3 Å². The summed E-state index contributed by atoms with van der Waals surface area (Å²) in [5, 5.41) is 0. The third-order valence-electron chi connectivity index (χ3n) is 2.29. The van der Waals surface area contributed by atoms with E-state index < -0.39 is 0 Å². The molecule has 0 saturated carbocycles. The first kappa shape index (κ1) is 9.77. The monoisotopic (exact) mass is 204 g/mol. The summed E-state index contributed by atoms with van der Waals surface area (Å²) in [5.74, 6) is 0.469. The molecule has 0 bridgehead atoms. The predicted octanol–water partition coefficient (Wildman–Crippen LogP) is 2.02. The molecule has 0 saturated heterocycles. The van der Waals surface area contributed by atoms with Gasteiger partial charge < -0.3 is 9.47 Å². The van der Waals surface area contributed by atoms with E-state index in [0.29, 0.717) is 5.57 Å². The molecule has 0 radical (unpaired) electrons. The van der Waals surface area contributed by atoms with Gasteiger partial charge in [0.1, 0.15) is 11.9 Å². The fourth-order valence-corrected chi connectivity index (χ4v) is 1.57. The number of carbonyl (C=O) groups is 1. The molecule has 1 aromatic carbocycles. The quantitative estimate of drug-likeness (QED) is 0.691. The van der Waals surface area contributed by atoms with Crippen molar-refractivity contribution in [1.29, 1.82) is 0 Å². The summed E-state index contributed by atoms with van der Waals surface area (Å²) in [4.78, 5) is 11.5. The second kappa shape index (κ2) is 3.77. The van der Waals surface area contributed by atoms with E-state index >= 15 is 0 Å². The number of carbonyl (C=O) groups excluding carboxylic acids is 1.